The van der Waals surface area contributed by atoms with E-state index in [9.17, 15) is 43.2 Å². The van der Waals surface area contributed by atoms with Gasteiger partial charge in [-0.2, -0.15) is 0 Å². The van der Waals surface area contributed by atoms with Gasteiger partial charge >= 0.3 is 53.7 Å². The maximum atomic E-state index is 14.8. The minimum absolute atomic E-state index is 0.000560. The largest absolute Gasteiger partial charge is 0.481 e. The number of ether oxygens (including phenoxy) is 10. The quantitative estimate of drug-likeness (QED) is 0.0509. The molecule has 0 saturated carbocycles. The molecule has 0 radical (unpaired) electrons. The summed E-state index contributed by atoms with van der Waals surface area (Å²) in [6, 6.07) is 7.45. The summed E-state index contributed by atoms with van der Waals surface area (Å²) in [4.78, 5) is 119. The van der Waals surface area contributed by atoms with Crippen LogP contribution in [0.25, 0.3) is 0 Å². The summed E-state index contributed by atoms with van der Waals surface area (Å²) in [7, 11) is 0. The van der Waals surface area contributed by atoms with Gasteiger partial charge in [0, 0.05) is 81.0 Å². The van der Waals surface area contributed by atoms with Crippen molar-refractivity contribution >= 4 is 53.7 Å². The van der Waals surface area contributed by atoms with Crippen LogP contribution in [0.2, 0.25) is 0 Å². The van der Waals surface area contributed by atoms with Gasteiger partial charge < -0.3 is 47.4 Å². The van der Waals surface area contributed by atoms with Gasteiger partial charge in [0.1, 0.15) is 23.4 Å². The smallest absolute Gasteiger partial charge is 0.338 e. The van der Waals surface area contributed by atoms with Crippen LogP contribution in [0, 0.1) is 0 Å². The van der Waals surface area contributed by atoms with Crippen LogP contribution in [0.4, 0.5) is 0 Å². The average Bonchev–Trinajstić information content (AvgIpc) is 3.31. The molecule has 19 nitrogen and oxygen atoms in total. The summed E-state index contributed by atoms with van der Waals surface area (Å²) in [6.45, 7) is 14.0. The van der Waals surface area contributed by atoms with Gasteiger partial charge in [0.15, 0.2) is 29.1 Å². The van der Waals surface area contributed by atoms with E-state index >= 15 is 0 Å². The monoisotopic (exact) mass is 1020 g/mol. The highest BCUT2D eigenvalue weighted by molar-refractivity contribution is 5.93. The topological polar surface area (TPSA) is 246 Å². The third-order valence-corrected chi connectivity index (χ3v) is 10.4. The van der Waals surface area contributed by atoms with Gasteiger partial charge in [-0.1, -0.05) is 55.4 Å². The predicted octanol–water partition coefficient (Wildman–Crippen LogP) is 10.2. The molecule has 73 heavy (non-hydrogen) atoms. The van der Waals surface area contributed by atoms with E-state index in [1.165, 1.54) is 24.3 Å². The van der Waals surface area contributed by atoms with Gasteiger partial charge in [0.25, 0.3) is 0 Å². The lowest BCUT2D eigenvalue weighted by atomic mass is 9.93. The van der Waals surface area contributed by atoms with Crippen molar-refractivity contribution in [1.29, 1.82) is 0 Å². The van der Waals surface area contributed by atoms with Crippen LogP contribution in [0.3, 0.4) is 0 Å². The molecule has 0 N–H and O–H groups in total. The van der Waals surface area contributed by atoms with Crippen molar-refractivity contribution in [1.82, 2.24) is 0 Å². The molecule has 0 bridgehead atoms. The third-order valence-electron chi connectivity index (χ3n) is 10.4. The van der Waals surface area contributed by atoms with E-state index in [4.69, 9.17) is 47.4 Å². The number of rotatable bonds is 27. The van der Waals surface area contributed by atoms with Crippen molar-refractivity contribution in [3.8, 4) is 51.7 Å². The minimum atomic E-state index is -1.46. The zero-order chi connectivity index (χ0) is 53.6. The summed E-state index contributed by atoms with van der Waals surface area (Å²) >= 11 is 0. The molecule has 1 aliphatic heterocycles. The number of hydrogen-bond acceptors (Lipinski definition) is 19. The van der Waals surface area contributed by atoms with Crippen molar-refractivity contribution < 1.29 is 90.5 Å². The summed E-state index contributed by atoms with van der Waals surface area (Å²) in [5.74, 6) is -9.34. The number of esters is 9. The fourth-order valence-corrected chi connectivity index (χ4v) is 7.14. The molecule has 0 spiro atoms. The first-order valence-corrected chi connectivity index (χ1v) is 25.1. The Morgan fingerprint density at radius 3 is 1.11 bits per heavy atom. The maximum absolute atomic E-state index is 14.8. The Hall–Kier alpha value is -7.31. The van der Waals surface area contributed by atoms with Crippen molar-refractivity contribution in [3.05, 3.63) is 53.1 Å². The Morgan fingerprint density at radius 2 is 0.740 bits per heavy atom. The van der Waals surface area contributed by atoms with E-state index in [2.05, 4.69) is 0 Å². The lowest BCUT2D eigenvalue weighted by Gasteiger charge is -2.35. The molecule has 3 aromatic carbocycles. The second-order valence-electron chi connectivity index (χ2n) is 17.0. The first-order chi connectivity index (χ1) is 35.0. The van der Waals surface area contributed by atoms with Gasteiger partial charge in [0.2, 0.25) is 11.5 Å². The SMILES string of the molecule is CCCC(=O)Oc1cc(OC(=O)CCC)c2c(c1)OC(c1cc(OC(=O)CCC)c(OC(=O)CCC)c(OC(=O)CCC)c1)C(OC(=O)c1cc(OC(=O)CCC)c(OC(=O)CCC)c(OC(=O)CCC)c1)C2. The first-order valence-electron chi connectivity index (χ1n) is 25.1. The molecular formula is C54H66O19. The molecule has 0 aromatic heterocycles. The number of hydrogen-bond donors (Lipinski definition) is 0. The summed E-state index contributed by atoms with van der Waals surface area (Å²) in [5, 5.41) is 0. The summed E-state index contributed by atoms with van der Waals surface area (Å²) < 4.78 is 58.5. The molecule has 0 saturated heterocycles. The lowest BCUT2D eigenvalue weighted by molar-refractivity contribution is -0.138. The van der Waals surface area contributed by atoms with E-state index in [0.717, 1.165) is 12.1 Å². The fraction of sp³-hybridized carbons (Fsp3) is 0.500. The molecule has 396 valence electrons. The van der Waals surface area contributed by atoms with Gasteiger partial charge in [-0.05, 0) is 75.6 Å². The molecule has 19 heteroatoms. The zero-order valence-electron chi connectivity index (χ0n) is 42.9. The van der Waals surface area contributed by atoms with Crippen LogP contribution in [0.5, 0.6) is 51.7 Å². The number of carbonyl (C=O) groups excluding carboxylic acids is 9. The predicted molar refractivity (Wildman–Crippen MR) is 260 cm³/mol. The maximum Gasteiger partial charge on any atom is 0.338 e. The van der Waals surface area contributed by atoms with E-state index in [0.29, 0.717) is 51.4 Å². The van der Waals surface area contributed by atoms with Gasteiger partial charge in [-0.15, -0.1) is 0 Å². The van der Waals surface area contributed by atoms with Crippen LogP contribution in [-0.4, -0.2) is 59.8 Å². The van der Waals surface area contributed by atoms with Crippen LogP contribution in [0.1, 0.15) is 186 Å². The second kappa shape index (κ2) is 29.3. The molecular weight excluding hydrogens is 953 g/mol. The van der Waals surface area contributed by atoms with Crippen LogP contribution < -0.4 is 42.6 Å². The summed E-state index contributed by atoms with van der Waals surface area (Å²) in [5.41, 5.74) is -0.130. The molecule has 1 aliphatic rings. The fourth-order valence-electron chi connectivity index (χ4n) is 7.14. The Balaban J connectivity index is 2.05. The Bertz CT molecular complexity index is 2410. The summed E-state index contributed by atoms with van der Waals surface area (Å²) in [6.07, 6.45) is -0.382. The Labute approximate surface area is 424 Å². The van der Waals surface area contributed by atoms with Crippen molar-refractivity contribution in [2.45, 2.75) is 177 Å². The van der Waals surface area contributed by atoms with Crippen molar-refractivity contribution in [2.24, 2.45) is 0 Å². The van der Waals surface area contributed by atoms with Crippen LogP contribution >= 0.6 is 0 Å². The van der Waals surface area contributed by atoms with E-state index in [1.54, 1.807) is 55.4 Å². The first kappa shape index (κ1) is 58.3. The van der Waals surface area contributed by atoms with Crippen LogP contribution in [0.15, 0.2) is 36.4 Å². The number of benzene rings is 3. The van der Waals surface area contributed by atoms with E-state index in [1.807, 2.05) is 0 Å². The molecule has 4 rings (SSSR count). The van der Waals surface area contributed by atoms with Crippen molar-refractivity contribution in [2.75, 3.05) is 0 Å². The Morgan fingerprint density at radius 1 is 0.411 bits per heavy atom. The molecule has 1 heterocycles. The molecule has 2 atom stereocenters. The van der Waals surface area contributed by atoms with E-state index in [-0.39, 0.29) is 109 Å². The van der Waals surface area contributed by atoms with Crippen molar-refractivity contribution in [3.63, 3.8) is 0 Å². The molecule has 0 amide bonds. The minimum Gasteiger partial charge on any atom is -0.481 e. The zero-order valence-corrected chi connectivity index (χ0v) is 42.9. The lowest BCUT2D eigenvalue weighted by Crippen LogP contribution is -2.35. The van der Waals surface area contributed by atoms with Gasteiger partial charge in [0.05, 0.1) is 5.56 Å². The average molecular weight is 1020 g/mol. The normalized spacial score (nSPS) is 13.5. The van der Waals surface area contributed by atoms with Gasteiger partial charge in [-0.3, -0.25) is 38.4 Å². The Kier molecular flexibility index (Phi) is 23.4. The van der Waals surface area contributed by atoms with Crippen LogP contribution in [-0.2, 0) is 49.5 Å². The molecule has 0 fully saturated rings. The number of fused-ring (bicyclic) bond motifs is 1. The highest BCUT2D eigenvalue weighted by atomic mass is 16.6. The van der Waals surface area contributed by atoms with Gasteiger partial charge in [-0.25, -0.2) is 4.79 Å². The highest BCUT2D eigenvalue weighted by Gasteiger charge is 2.40. The molecule has 0 aliphatic carbocycles. The molecule has 2 unspecified atom stereocenters. The standard InChI is InChI=1S/C54H66O19/c1-9-17-43(55)64-34-29-36(65-44(56)18-10-2)35-31-42(71-54(63)33-27-40(68-47(59)21-13-5)53(73-50(62)24-16-8)41(28-33)69-48(60)22-14-6)51(70-37(35)30-34)32-25-38(66-45(57)19-11-3)52(72-49(61)23-15-7)39(26-32)67-46(58)20-12-4/h25-30,42,51H,9-24,31H2,1-8H3. The number of carbonyl (C=O) groups is 9. The molecule has 3 aromatic rings. The highest BCUT2D eigenvalue weighted by Crippen LogP contribution is 2.48. The second-order valence-corrected chi connectivity index (χ2v) is 17.0. The van der Waals surface area contributed by atoms with E-state index < -0.39 is 83.2 Å². The third kappa shape index (κ3) is 17.5.